The van der Waals surface area contributed by atoms with Crippen molar-refractivity contribution >= 4 is 5.91 Å². The number of hydrogen-bond acceptors (Lipinski definition) is 6. The molecule has 1 aromatic rings. The smallest absolute Gasteiger partial charge is 0.257 e. The lowest BCUT2D eigenvalue weighted by molar-refractivity contribution is -0.221. The number of rotatable bonds is 1. The molecule has 0 bridgehead atoms. The summed E-state index contributed by atoms with van der Waals surface area (Å²) in [6, 6.07) is 5.37. The molecule has 3 aliphatic heterocycles. The van der Waals surface area contributed by atoms with Gasteiger partial charge in [-0.3, -0.25) is 4.79 Å². The first kappa shape index (κ1) is 17.6. The van der Waals surface area contributed by atoms with E-state index in [1.54, 1.807) is 30.0 Å². The monoisotopic (exact) mass is 363 g/mol. The molecule has 1 spiro atoms. The van der Waals surface area contributed by atoms with Crippen LogP contribution in [-0.2, 0) is 4.74 Å². The second-order valence-corrected chi connectivity index (χ2v) is 7.67. The molecule has 3 heterocycles. The van der Waals surface area contributed by atoms with Gasteiger partial charge < -0.3 is 29.3 Å². The van der Waals surface area contributed by atoms with E-state index in [-0.39, 0.29) is 12.5 Å². The normalized spacial score (nSPS) is 30.3. The van der Waals surface area contributed by atoms with Gasteiger partial charge in [0.15, 0.2) is 11.5 Å². The van der Waals surface area contributed by atoms with Crippen molar-refractivity contribution in [2.24, 2.45) is 0 Å². The Morgan fingerprint density at radius 2 is 1.96 bits per heavy atom. The fraction of sp³-hybridized carbons (Fsp3) is 0.632. The van der Waals surface area contributed by atoms with Crippen molar-refractivity contribution < 1.29 is 29.2 Å². The summed E-state index contributed by atoms with van der Waals surface area (Å²) in [6.07, 6.45) is 0.767. The molecule has 0 aliphatic carbocycles. The summed E-state index contributed by atoms with van der Waals surface area (Å²) in [7, 11) is 0. The lowest BCUT2D eigenvalue weighted by Crippen LogP contribution is -2.59. The predicted octanol–water partition coefficient (Wildman–Crippen LogP) is 0.965. The van der Waals surface area contributed by atoms with Gasteiger partial charge in [-0.25, -0.2) is 0 Å². The first-order chi connectivity index (χ1) is 12.4. The van der Waals surface area contributed by atoms with Gasteiger partial charge in [0, 0.05) is 19.5 Å². The fourth-order valence-corrected chi connectivity index (χ4v) is 4.11. The number of nitrogens with zero attached hydrogens (tertiary/aromatic N) is 1. The number of fused-ring (bicyclic) bond motifs is 1. The highest BCUT2D eigenvalue weighted by Crippen LogP contribution is 2.40. The van der Waals surface area contributed by atoms with E-state index >= 15 is 0 Å². The van der Waals surface area contributed by atoms with Crippen LogP contribution in [0.15, 0.2) is 18.2 Å². The van der Waals surface area contributed by atoms with Gasteiger partial charge in [-0.2, -0.15) is 0 Å². The molecule has 2 atom stereocenters. The van der Waals surface area contributed by atoms with Crippen LogP contribution >= 0.6 is 0 Å². The number of aliphatic hydroxyl groups excluding tert-OH is 1. The van der Waals surface area contributed by atoms with Crippen LogP contribution in [0.1, 0.15) is 36.5 Å². The predicted molar refractivity (Wildman–Crippen MR) is 92.5 cm³/mol. The van der Waals surface area contributed by atoms with Crippen LogP contribution in [0.25, 0.3) is 0 Å². The zero-order chi connectivity index (χ0) is 18.4. The van der Waals surface area contributed by atoms with Gasteiger partial charge in [0.25, 0.3) is 5.91 Å². The van der Waals surface area contributed by atoms with E-state index in [0.29, 0.717) is 62.6 Å². The number of benzene rings is 1. The molecule has 7 heteroatoms. The van der Waals surface area contributed by atoms with E-state index < -0.39 is 17.3 Å². The molecule has 3 aliphatic rings. The minimum absolute atomic E-state index is 0.0789. The summed E-state index contributed by atoms with van der Waals surface area (Å²) in [5, 5.41) is 20.3. The van der Waals surface area contributed by atoms with Gasteiger partial charge in [-0.1, -0.05) is 6.07 Å². The first-order valence-corrected chi connectivity index (χ1v) is 9.13. The molecule has 142 valence electrons. The Morgan fingerprint density at radius 3 is 2.69 bits per heavy atom. The van der Waals surface area contributed by atoms with Crippen LogP contribution in [0.5, 0.6) is 11.5 Å². The molecule has 0 unspecified atom stereocenters. The maximum absolute atomic E-state index is 13.0. The second kappa shape index (κ2) is 6.40. The van der Waals surface area contributed by atoms with Crippen LogP contribution < -0.4 is 9.47 Å². The molecular weight excluding hydrogens is 338 g/mol. The Labute approximate surface area is 152 Å². The number of piperidine rings is 1. The number of hydrogen-bond donors (Lipinski definition) is 2. The molecular formula is C19H25NO6. The minimum atomic E-state index is -1.16. The maximum atomic E-state index is 13.0. The molecule has 2 N–H and O–H groups in total. The molecule has 1 amide bonds. The maximum Gasteiger partial charge on any atom is 0.257 e. The number of aliphatic hydroxyl groups is 2. The van der Waals surface area contributed by atoms with Crippen molar-refractivity contribution in [2.45, 2.75) is 43.5 Å². The van der Waals surface area contributed by atoms with Crippen LogP contribution in [0.2, 0.25) is 0 Å². The summed E-state index contributed by atoms with van der Waals surface area (Å²) < 4.78 is 17.1. The van der Waals surface area contributed by atoms with Gasteiger partial charge in [0.1, 0.15) is 19.3 Å². The number of likely N-dealkylation sites (tertiary alicyclic amines) is 1. The van der Waals surface area contributed by atoms with Gasteiger partial charge >= 0.3 is 0 Å². The topological polar surface area (TPSA) is 88.5 Å². The van der Waals surface area contributed by atoms with Gasteiger partial charge in [-0.05, 0) is 31.9 Å². The second-order valence-electron chi connectivity index (χ2n) is 7.67. The molecule has 2 fully saturated rings. The molecule has 0 saturated carbocycles. The van der Waals surface area contributed by atoms with Gasteiger partial charge in [0.05, 0.1) is 23.4 Å². The lowest BCUT2D eigenvalue weighted by atomic mass is 9.76. The summed E-state index contributed by atoms with van der Waals surface area (Å²) in [5.41, 5.74) is -1.12. The number of carbonyl (C=O) groups excluding carboxylic acids is 1. The number of ether oxygens (including phenoxy) is 3. The Bertz CT molecular complexity index is 695. The highest BCUT2D eigenvalue weighted by atomic mass is 16.6. The van der Waals surface area contributed by atoms with E-state index in [0.717, 1.165) is 0 Å². The number of carbonyl (C=O) groups is 1. The summed E-state index contributed by atoms with van der Waals surface area (Å²) in [5.74, 6) is 1.05. The van der Waals surface area contributed by atoms with Crippen molar-refractivity contribution in [3.05, 3.63) is 23.8 Å². The Morgan fingerprint density at radius 1 is 1.23 bits per heavy atom. The van der Waals surface area contributed by atoms with E-state index in [1.807, 2.05) is 0 Å². The summed E-state index contributed by atoms with van der Waals surface area (Å²) >= 11 is 0. The SMILES string of the molecule is C[C@]1(O)CC2(CCN(C(=O)c3cccc4c3OCCO4)CC2)OC[C@@H]1O. The number of para-hydroxylation sites is 1. The van der Waals surface area contributed by atoms with Crippen molar-refractivity contribution in [1.82, 2.24) is 4.90 Å². The zero-order valence-corrected chi connectivity index (χ0v) is 14.9. The van der Waals surface area contributed by atoms with Crippen LogP contribution in [-0.4, -0.2) is 71.2 Å². The number of amides is 1. The first-order valence-electron chi connectivity index (χ1n) is 9.13. The molecule has 0 radical (unpaired) electrons. The van der Waals surface area contributed by atoms with Crippen molar-refractivity contribution in [2.75, 3.05) is 32.9 Å². The van der Waals surface area contributed by atoms with E-state index in [9.17, 15) is 15.0 Å². The van der Waals surface area contributed by atoms with Crippen LogP contribution in [0.3, 0.4) is 0 Å². The van der Waals surface area contributed by atoms with Gasteiger partial charge in [-0.15, -0.1) is 0 Å². The highest BCUT2D eigenvalue weighted by molar-refractivity contribution is 5.98. The molecule has 1 aromatic carbocycles. The molecule has 2 saturated heterocycles. The third kappa shape index (κ3) is 3.04. The molecule has 0 aromatic heterocycles. The standard InChI is InChI=1S/C19H25NO6/c1-18(23)12-19(26-11-15(18)21)5-7-20(8-6-19)17(22)13-3-2-4-14-16(13)25-10-9-24-14/h2-4,15,21,23H,5-12H2,1H3/t15-,18-/m0/s1. The lowest BCUT2D eigenvalue weighted by Gasteiger charge is -2.49. The average Bonchev–Trinajstić information content (AvgIpc) is 2.64. The van der Waals surface area contributed by atoms with Gasteiger partial charge in [0.2, 0.25) is 0 Å². The Balaban J connectivity index is 1.46. The average molecular weight is 363 g/mol. The third-order valence-corrected chi connectivity index (χ3v) is 5.70. The minimum Gasteiger partial charge on any atom is -0.486 e. The quantitative estimate of drug-likeness (QED) is 0.773. The van der Waals surface area contributed by atoms with E-state index in [1.165, 1.54) is 0 Å². The van der Waals surface area contributed by atoms with Crippen molar-refractivity contribution in [1.29, 1.82) is 0 Å². The fourth-order valence-electron chi connectivity index (χ4n) is 4.11. The van der Waals surface area contributed by atoms with Crippen molar-refractivity contribution in [3.8, 4) is 11.5 Å². The summed E-state index contributed by atoms with van der Waals surface area (Å²) in [4.78, 5) is 14.8. The molecule has 26 heavy (non-hydrogen) atoms. The summed E-state index contributed by atoms with van der Waals surface area (Å²) in [6.45, 7) is 3.77. The van der Waals surface area contributed by atoms with E-state index in [4.69, 9.17) is 14.2 Å². The largest absolute Gasteiger partial charge is 0.486 e. The van der Waals surface area contributed by atoms with Crippen LogP contribution in [0, 0.1) is 0 Å². The zero-order valence-electron chi connectivity index (χ0n) is 14.9. The Hall–Kier alpha value is -1.83. The van der Waals surface area contributed by atoms with Crippen LogP contribution in [0.4, 0.5) is 0 Å². The molecule has 7 nitrogen and oxygen atoms in total. The third-order valence-electron chi connectivity index (χ3n) is 5.70. The Kier molecular flexibility index (Phi) is 4.33. The molecule has 4 rings (SSSR count). The van der Waals surface area contributed by atoms with Crippen molar-refractivity contribution in [3.63, 3.8) is 0 Å². The highest BCUT2D eigenvalue weighted by Gasteiger charge is 2.49. The van der Waals surface area contributed by atoms with E-state index in [2.05, 4.69) is 0 Å².